The number of carbonyl (C=O) groups excluding carboxylic acids is 1. The third-order valence-electron chi connectivity index (χ3n) is 4.46. The molecule has 0 unspecified atom stereocenters. The van der Waals surface area contributed by atoms with E-state index in [2.05, 4.69) is 0 Å². The van der Waals surface area contributed by atoms with Gasteiger partial charge < -0.3 is 8.83 Å². The Bertz CT molecular complexity index is 1200. The first-order valence-corrected chi connectivity index (χ1v) is 9.32. The SMILES string of the molecule is Cc1ccc(-c2ccc(C=CC(=O)c3ccc(-c4ccc(F)cc4)o3)o2)cc1Cl. The fourth-order valence-electron chi connectivity index (χ4n) is 2.82. The Morgan fingerprint density at radius 1 is 0.897 bits per heavy atom. The first-order chi connectivity index (χ1) is 14.0. The van der Waals surface area contributed by atoms with Crippen molar-refractivity contribution in [2.45, 2.75) is 6.92 Å². The number of carbonyl (C=O) groups is 1. The summed E-state index contributed by atoms with van der Waals surface area (Å²) in [7, 11) is 0. The fourth-order valence-corrected chi connectivity index (χ4v) is 3.00. The number of hydrogen-bond acceptors (Lipinski definition) is 3. The minimum atomic E-state index is -0.328. The number of benzene rings is 2. The molecule has 144 valence electrons. The van der Waals surface area contributed by atoms with Crippen molar-refractivity contribution in [2.24, 2.45) is 0 Å². The molecule has 0 N–H and O–H groups in total. The van der Waals surface area contributed by atoms with E-state index in [1.165, 1.54) is 18.2 Å². The van der Waals surface area contributed by atoms with Crippen molar-refractivity contribution in [1.29, 1.82) is 0 Å². The van der Waals surface area contributed by atoms with Crippen LogP contribution in [-0.2, 0) is 0 Å². The second kappa shape index (κ2) is 7.94. The second-order valence-corrected chi connectivity index (χ2v) is 6.94. The van der Waals surface area contributed by atoms with E-state index in [1.807, 2.05) is 31.2 Å². The van der Waals surface area contributed by atoms with Crippen LogP contribution in [0.15, 0.2) is 81.6 Å². The van der Waals surface area contributed by atoms with Crippen molar-refractivity contribution in [3.05, 3.63) is 101 Å². The molecule has 0 fully saturated rings. The molecular weight excluding hydrogens is 391 g/mol. The Morgan fingerprint density at radius 2 is 1.59 bits per heavy atom. The van der Waals surface area contributed by atoms with Gasteiger partial charge >= 0.3 is 0 Å². The van der Waals surface area contributed by atoms with E-state index in [4.69, 9.17) is 20.4 Å². The number of halogens is 2. The number of furan rings is 2. The summed E-state index contributed by atoms with van der Waals surface area (Å²) < 4.78 is 24.4. The Kier molecular flexibility index (Phi) is 5.19. The van der Waals surface area contributed by atoms with Crippen molar-refractivity contribution in [1.82, 2.24) is 0 Å². The molecule has 2 aromatic heterocycles. The lowest BCUT2D eigenvalue weighted by Gasteiger charge is -2.00. The number of ketones is 1. The molecule has 0 bridgehead atoms. The summed E-state index contributed by atoms with van der Waals surface area (Å²) in [6.45, 7) is 1.93. The van der Waals surface area contributed by atoms with Gasteiger partial charge in [-0.15, -0.1) is 0 Å². The molecule has 4 aromatic rings. The summed E-state index contributed by atoms with van der Waals surface area (Å²) in [6.07, 6.45) is 2.97. The average molecular weight is 407 g/mol. The lowest BCUT2D eigenvalue weighted by molar-refractivity contribution is 0.102. The van der Waals surface area contributed by atoms with Crippen LogP contribution in [0.2, 0.25) is 5.02 Å². The minimum Gasteiger partial charge on any atom is -0.457 e. The Hall–Kier alpha value is -3.37. The first-order valence-electron chi connectivity index (χ1n) is 8.94. The predicted octanol–water partition coefficient (Wildman–Crippen LogP) is 7.20. The largest absolute Gasteiger partial charge is 0.457 e. The summed E-state index contributed by atoms with van der Waals surface area (Å²) in [5, 5.41) is 0.668. The topological polar surface area (TPSA) is 43.4 Å². The van der Waals surface area contributed by atoms with E-state index in [0.717, 1.165) is 11.1 Å². The van der Waals surface area contributed by atoms with Gasteiger partial charge in [0.1, 0.15) is 23.1 Å². The Morgan fingerprint density at radius 3 is 2.34 bits per heavy atom. The van der Waals surface area contributed by atoms with Crippen molar-refractivity contribution in [2.75, 3.05) is 0 Å². The third kappa shape index (κ3) is 4.23. The molecule has 5 heteroatoms. The van der Waals surface area contributed by atoms with Crippen LogP contribution in [0.5, 0.6) is 0 Å². The molecule has 2 heterocycles. The summed E-state index contributed by atoms with van der Waals surface area (Å²) in [5.41, 5.74) is 2.55. The quantitative estimate of drug-likeness (QED) is 0.260. The molecule has 4 rings (SSSR count). The monoisotopic (exact) mass is 406 g/mol. The molecule has 2 aromatic carbocycles. The van der Waals surface area contributed by atoms with Gasteiger partial charge in [0.2, 0.25) is 5.78 Å². The van der Waals surface area contributed by atoms with Gasteiger partial charge in [-0.1, -0.05) is 23.7 Å². The molecule has 0 spiro atoms. The predicted molar refractivity (Wildman–Crippen MR) is 111 cm³/mol. The van der Waals surface area contributed by atoms with Crippen LogP contribution in [0, 0.1) is 12.7 Å². The molecule has 0 radical (unpaired) electrons. The van der Waals surface area contributed by atoms with Crippen molar-refractivity contribution >= 4 is 23.5 Å². The first kappa shape index (κ1) is 19.0. The van der Waals surface area contributed by atoms with Gasteiger partial charge in [0.25, 0.3) is 0 Å². The van der Waals surface area contributed by atoms with Crippen LogP contribution < -0.4 is 0 Å². The molecule has 0 aliphatic heterocycles. The van der Waals surface area contributed by atoms with Gasteiger partial charge in [0.05, 0.1) is 0 Å². The molecular formula is C24H16ClFO3. The van der Waals surface area contributed by atoms with E-state index in [-0.39, 0.29) is 17.4 Å². The van der Waals surface area contributed by atoms with Crippen LogP contribution in [0.4, 0.5) is 4.39 Å². The zero-order valence-corrected chi connectivity index (χ0v) is 16.2. The third-order valence-corrected chi connectivity index (χ3v) is 4.87. The molecule has 0 atom stereocenters. The van der Waals surface area contributed by atoms with Crippen LogP contribution in [0.3, 0.4) is 0 Å². The van der Waals surface area contributed by atoms with E-state index in [9.17, 15) is 9.18 Å². The summed E-state index contributed by atoms with van der Waals surface area (Å²) >= 11 is 6.17. The molecule has 0 aliphatic carbocycles. The van der Waals surface area contributed by atoms with Gasteiger partial charge in [-0.05, 0) is 79.2 Å². The van der Waals surface area contributed by atoms with Gasteiger partial charge in [-0.25, -0.2) is 4.39 Å². The maximum absolute atomic E-state index is 13.0. The van der Waals surface area contributed by atoms with Gasteiger partial charge in [0, 0.05) is 16.1 Å². The van der Waals surface area contributed by atoms with Crippen molar-refractivity contribution < 1.29 is 18.0 Å². The normalized spacial score (nSPS) is 11.3. The minimum absolute atomic E-state index is 0.192. The van der Waals surface area contributed by atoms with E-state index >= 15 is 0 Å². The fraction of sp³-hybridized carbons (Fsp3) is 0.0417. The second-order valence-electron chi connectivity index (χ2n) is 6.53. The smallest absolute Gasteiger partial charge is 0.221 e. The Labute approximate surface area is 172 Å². The maximum Gasteiger partial charge on any atom is 0.221 e. The van der Waals surface area contributed by atoms with Gasteiger partial charge in [-0.2, -0.15) is 0 Å². The van der Waals surface area contributed by atoms with Crippen LogP contribution in [0.1, 0.15) is 21.9 Å². The molecule has 3 nitrogen and oxygen atoms in total. The average Bonchev–Trinajstić information content (AvgIpc) is 3.39. The van der Waals surface area contributed by atoms with Gasteiger partial charge in [-0.3, -0.25) is 4.79 Å². The molecule has 0 amide bonds. The van der Waals surface area contributed by atoms with E-state index in [0.29, 0.717) is 27.9 Å². The maximum atomic E-state index is 13.0. The lowest BCUT2D eigenvalue weighted by atomic mass is 10.1. The number of allylic oxidation sites excluding steroid dienone is 1. The number of rotatable bonds is 5. The van der Waals surface area contributed by atoms with Crippen LogP contribution >= 0.6 is 11.6 Å². The molecule has 0 saturated carbocycles. The van der Waals surface area contributed by atoms with Crippen LogP contribution in [0.25, 0.3) is 28.7 Å². The van der Waals surface area contributed by atoms with Crippen LogP contribution in [-0.4, -0.2) is 5.78 Å². The lowest BCUT2D eigenvalue weighted by Crippen LogP contribution is -1.90. The van der Waals surface area contributed by atoms with Crippen molar-refractivity contribution in [3.63, 3.8) is 0 Å². The van der Waals surface area contributed by atoms with Gasteiger partial charge in [0.15, 0.2) is 5.76 Å². The number of hydrogen-bond donors (Lipinski definition) is 0. The van der Waals surface area contributed by atoms with E-state index < -0.39 is 0 Å². The molecule has 0 saturated heterocycles. The highest BCUT2D eigenvalue weighted by molar-refractivity contribution is 6.31. The highest BCUT2D eigenvalue weighted by atomic mass is 35.5. The zero-order chi connectivity index (χ0) is 20.4. The summed E-state index contributed by atoms with van der Waals surface area (Å²) in [4.78, 5) is 12.4. The highest BCUT2D eigenvalue weighted by Crippen LogP contribution is 2.27. The van der Waals surface area contributed by atoms with Crippen molar-refractivity contribution in [3.8, 4) is 22.6 Å². The molecule has 0 aliphatic rings. The number of aryl methyl sites for hydroxylation is 1. The van der Waals surface area contributed by atoms with E-state index in [1.54, 1.807) is 36.4 Å². The highest BCUT2D eigenvalue weighted by Gasteiger charge is 2.11. The Balaban J connectivity index is 1.48. The molecule has 29 heavy (non-hydrogen) atoms. The summed E-state index contributed by atoms with van der Waals surface area (Å²) in [5.74, 6) is 1.27. The summed E-state index contributed by atoms with van der Waals surface area (Å²) in [6, 6.07) is 18.4. The zero-order valence-electron chi connectivity index (χ0n) is 15.5. The standard InChI is InChI=1S/C24H16ClFO3/c1-15-2-3-17(14-20(15)25)23-11-9-19(28-23)8-10-21(27)24-13-12-22(29-24)16-4-6-18(26)7-5-16/h2-14H,1H3.